The van der Waals surface area contributed by atoms with Crippen molar-refractivity contribution in [3.05, 3.63) is 60.2 Å². The second-order valence-electron chi connectivity index (χ2n) is 5.48. The fourth-order valence-electron chi connectivity index (χ4n) is 2.64. The maximum Gasteiger partial charge on any atom is 0.338 e. The molecule has 0 bridgehead atoms. The molecule has 3 N–H and O–H groups in total. The van der Waals surface area contributed by atoms with Gasteiger partial charge in [0.25, 0.3) is 0 Å². The minimum Gasteiger partial charge on any atom is -0.457 e. The minimum atomic E-state index is -0.820. The molecule has 0 spiro atoms. The zero-order valence-corrected chi connectivity index (χ0v) is 12.1. The van der Waals surface area contributed by atoms with Crippen molar-refractivity contribution in [3.8, 4) is 11.5 Å². The van der Waals surface area contributed by atoms with Crippen molar-refractivity contribution in [1.29, 1.82) is 0 Å². The lowest BCUT2D eigenvalue weighted by Gasteiger charge is -2.13. The summed E-state index contributed by atoms with van der Waals surface area (Å²) in [4.78, 5) is 10.9. The molecular formula is C17H18N2O3. The predicted molar refractivity (Wildman–Crippen MR) is 81.9 cm³/mol. The monoisotopic (exact) mass is 298 g/mol. The number of hydrogen-bond acceptors (Lipinski definition) is 3. The number of carbonyl (C=O) groups excluding carboxylic acids is 1. The van der Waals surface area contributed by atoms with E-state index in [1.807, 2.05) is 54.6 Å². The van der Waals surface area contributed by atoms with Crippen LogP contribution in [-0.2, 0) is 0 Å². The molecule has 2 aromatic carbocycles. The highest BCUT2D eigenvalue weighted by molar-refractivity contribution is 5.70. The van der Waals surface area contributed by atoms with Gasteiger partial charge in [-0.2, -0.15) is 0 Å². The number of nitrogens with zero attached hydrogens (tertiary/aromatic N) is 1. The highest BCUT2D eigenvalue weighted by atomic mass is 16.5. The molecule has 1 aliphatic carbocycles. The Bertz CT molecular complexity index is 660. The third kappa shape index (κ3) is 3.20. The quantitative estimate of drug-likeness (QED) is 0.656. The van der Waals surface area contributed by atoms with Crippen LogP contribution in [0.2, 0.25) is 0 Å². The first-order valence-corrected chi connectivity index (χ1v) is 7.23. The molecule has 2 atom stereocenters. The summed E-state index contributed by atoms with van der Waals surface area (Å²) in [7, 11) is 0. The zero-order valence-electron chi connectivity index (χ0n) is 12.1. The average molecular weight is 298 g/mol. The SMILES string of the molecule is NC(=O)N(O)CC1CC1c1ccccc1Oc1ccccc1. The smallest absolute Gasteiger partial charge is 0.338 e. The number of primary amides is 1. The summed E-state index contributed by atoms with van der Waals surface area (Å²) in [6, 6.07) is 16.6. The molecule has 2 aromatic rings. The van der Waals surface area contributed by atoms with E-state index in [0.29, 0.717) is 5.06 Å². The Balaban J connectivity index is 1.72. The highest BCUT2D eigenvalue weighted by Gasteiger charge is 2.41. The van der Waals surface area contributed by atoms with Gasteiger partial charge in [-0.05, 0) is 42.0 Å². The first kappa shape index (κ1) is 14.4. The van der Waals surface area contributed by atoms with Crippen molar-refractivity contribution < 1.29 is 14.7 Å². The van der Waals surface area contributed by atoms with Gasteiger partial charge in [0.1, 0.15) is 11.5 Å². The van der Waals surface area contributed by atoms with Gasteiger partial charge in [-0.25, -0.2) is 9.86 Å². The number of hydroxylamine groups is 2. The number of hydrogen-bond donors (Lipinski definition) is 2. The van der Waals surface area contributed by atoms with Crippen molar-refractivity contribution in [2.24, 2.45) is 11.7 Å². The van der Waals surface area contributed by atoms with Crippen molar-refractivity contribution in [3.63, 3.8) is 0 Å². The van der Waals surface area contributed by atoms with Crippen LogP contribution in [0.5, 0.6) is 11.5 Å². The molecule has 0 radical (unpaired) electrons. The van der Waals surface area contributed by atoms with E-state index >= 15 is 0 Å². The lowest BCUT2D eigenvalue weighted by atomic mass is 10.1. The molecule has 1 saturated carbocycles. The number of amides is 2. The molecule has 22 heavy (non-hydrogen) atoms. The van der Waals surface area contributed by atoms with Crippen LogP contribution in [0.25, 0.3) is 0 Å². The summed E-state index contributed by atoms with van der Waals surface area (Å²) in [5, 5.41) is 10.0. The summed E-state index contributed by atoms with van der Waals surface area (Å²) < 4.78 is 5.94. The Morgan fingerprint density at radius 3 is 2.59 bits per heavy atom. The molecule has 1 aliphatic rings. The average Bonchev–Trinajstić information content (AvgIpc) is 3.27. The molecule has 0 aromatic heterocycles. The molecule has 5 heteroatoms. The third-order valence-corrected chi connectivity index (χ3v) is 3.87. The number of ether oxygens (including phenoxy) is 1. The Kier molecular flexibility index (Phi) is 3.98. The first-order valence-electron chi connectivity index (χ1n) is 7.23. The summed E-state index contributed by atoms with van der Waals surface area (Å²) >= 11 is 0. The predicted octanol–water partition coefficient (Wildman–Crippen LogP) is 3.35. The Labute approximate surface area is 128 Å². The van der Waals surface area contributed by atoms with Gasteiger partial charge < -0.3 is 10.5 Å². The van der Waals surface area contributed by atoms with Crippen LogP contribution in [0.4, 0.5) is 4.79 Å². The van der Waals surface area contributed by atoms with Gasteiger partial charge in [-0.1, -0.05) is 36.4 Å². The van der Waals surface area contributed by atoms with Gasteiger partial charge in [-0.3, -0.25) is 5.21 Å². The molecular weight excluding hydrogens is 280 g/mol. The van der Waals surface area contributed by atoms with Gasteiger partial charge in [0.15, 0.2) is 0 Å². The Morgan fingerprint density at radius 1 is 1.18 bits per heavy atom. The second kappa shape index (κ2) is 6.07. The molecule has 0 heterocycles. The van der Waals surface area contributed by atoms with Gasteiger partial charge in [0, 0.05) is 0 Å². The van der Waals surface area contributed by atoms with Crippen LogP contribution in [0.3, 0.4) is 0 Å². The topological polar surface area (TPSA) is 75.8 Å². The van der Waals surface area contributed by atoms with Crippen molar-refractivity contribution in [2.45, 2.75) is 12.3 Å². The lowest BCUT2D eigenvalue weighted by Crippen LogP contribution is -2.34. The lowest BCUT2D eigenvalue weighted by molar-refractivity contribution is -0.0431. The van der Waals surface area contributed by atoms with Gasteiger partial charge in [-0.15, -0.1) is 0 Å². The van der Waals surface area contributed by atoms with E-state index in [-0.39, 0.29) is 18.4 Å². The highest BCUT2D eigenvalue weighted by Crippen LogP contribution is 2.51. The Morgan fingerprint density at radius 2 is 1.86 bits per heavy atom. The van der Waals surface area contributed by atoms with E-state index in [4.69, 9.17) is 10.5 Å². The van der Waals surface area contributed by atoms with Gasteiger partial charge in [0.2, 0.25) is 0 Å². The fourth-order valence-corrected chi connectivity index (χ4v) is 2.64. The van der Waals surface area contributed by atoms with Crippen molar-refractivity contribution in [1.82, 2.24) is 5.06 Å². The number of urea groups is 1. The van der Waals surface area contributed by atoms with Crippen LogP contribution in [0.1, 0.15) is 17.9 Å². The summed E-state index contributed by atoms with van der Waals surface area (Å²) in [5.41, 5.74) is 6.13. The number of carbonyl (C=O) groups is 1. The van der Waals surface area contributed by atoms with Gasteiger partial charge >= 0.3 is 6.03 Å². The summed E-state index contributed by atoms with van der Waals surface area (Å²) in [6.45, 7) is 0.250. The second-order valence-corrected chi connectivity index (χ2v) is 5.48. The zero-order chi connectivity index (χ0) is 15.5. The van der Waals surface area contributed by atoms with E-state index in [1.165, 1.54) is 0 Å². The number of benzene rings is 2. The first-order chi connectivity index (χ1) is 10.6. The van der Waals surface area contributed by atoms with Crippen LogP contribution >= 0.6 is 0 Å². The van der Waals surface area contributed by atoms with Crippen LogP contribution in [-0.4, -0.2) is 22.8 Å². The molecule has 114 valence electrons. The molecule has 0 saturated heterocycles. The molecule has 5 nitrogen and oxygen atoms in total. The van der Waals surface area contributed by atoms with E-state index < -0.39 is 6.03 Å². The standard InChI is InChI=1S/C17H18N2O3/c18-17(20)19(21)11-12-10-15(12)14-8-4-5-9-16(14)22-13-6-2-1-3-7-13/h1-9,12,15,21H,10-11H2,(H2,18,20). The van der Waals surface area contributed by atoms with E-state index in [2.05, 4.69) is 0 Å². The minimum absolute atomic E-state index is 0.207. The van der Waals surface area contributed by atoms with Crippen LogP contribution < -0.4 is 10.5 Å². The van der Waals surface area contributed by atoms with E-state index in [0.717, 1.165) is 23.5 Å². The van der Waals surface area contributed by atoms with Gasteiger partial charge in [0.05, 0.1) is 6.54 Å². The number of nitrogens with two attached hydrogens (primary N) is 1. The molecule has 2 amide bonds. The van der Waals surface area contributed by atoms with Crippen molar-refractivity contribution in [2.75, 3.05) is 6.54 Å². The van der Waals surface area contributed by atoms with E-state index in [1.54, 1.807) is 0 Å². The van der Waals surface area contributed by atoms with Crippen LogP contribution in [0, 0.1) is 5.92 Å². The normalized spacial score (nSPS) is 19.5. The Hall–Kier alpha value is -2.53. The molecule has 2 unspecified atom stereocenters. The summed E-state index contributed by atoms with van der Waals surface area (Å²) in [5.74, 6) is 2.07. The largest absolute Gasteiger partial charge is 0.457 e. The molecule has 1 fully saturated rings. The fraction of sp³-hybridized carbons (Fsp3) is 0.235. The third-order valence-electron chi connectivity index (χ3n) is 3.87. The number of rotatable bonds is 5. The maximum absolute atomic E-state index is 10.9. The van der Waals surface area contributed by atoms with Crippen molar-refractivity contribution >= 4 is 6.03 Å². The maximum atomic E-state index is 10.9. The van der Waals surface area contributed by atoms with E-state index in [9.17, 15) is 10.0 Å². The molecule has 0 aliphatic heterocycles. The number of para-hydroxylation sites is 2. The molecule has 3 rings (SSSR count). The van der Waals surface area contributed by atoms with Crippen LogP contribution in [0.15, 0.2) is 54.6 Å². The summed E-state index contributed by atoms with van der Waals surface area (Å²) in [6.07, 6.45) is 0.902.